The predicted octanol–water partition coefficient (Wildman–Crippen LogP) is 4.91. The van der Waals surface area contributed by atoms with Crippen LogP contribution in [0.5, 0.6) is 0 Å². The lowest BCUT2D eigenvalue weighted by atomic mass is 10.0. The number of hydrogen-bond acceptors (Lipinski definition) is 7. The summed E-state index contributed by atoms with van der Waals surface area (Å²) in [5.41, 5.74) is 10.9. The Bertz CT molecular complexity index is 1810. The lowest BCUT2D eigenvalue weighted by molar-refractivity contribution is 0.00449. The smallest absolute Gasteiger partial charge is 0.157 e. The van der Waals surface area contributed by atoms with Crippen LogP contribution in [0.2, 0.25) is 5.02 Å². The molecule has 1 fully saturated rings. The number of ether oxygens (including phenoxy) is 1. The van der Waals surface area contributed by atoms with Gasteiger partial charge in [0.25, 0.3) is 0 Å². The number of halogens is 2. The van der Waals surface area contributed by atoms with Crippen molar-refractivity contribution < 1.29 is 9.13 Å². The molecule has 11 heteroatoms. The number of anilines is 1. The van der Waals surface area contributed by atoms with Crippen LogP contribution in [0.3, 0.4) is 0 Å². The Balaban J connectivity index is 1.62. The average molecular weight is 513 g/mol. The summed E-state index contributed by atoms with van der Waals surface area (Å²) < 4.78 is 22.8. The number of nitrogen functional groups attached to an aromatic ring is 1. The van der Waals surface area contributed by atoms with E-state index in [1.807, 2.05) is 22.8 Å². The molecule has 0 unspecified atom stereocenters. The quantitative estimate of drug-likeness (QED) is 0.344. The van der Waals surface area contributed by atoms with Crippen molar-refractivity contribution in [3.63, 3.8) is 0 Å². The first-order chi connectivity index (χ1) is 18.1. The second-order valence-electron chi connectivity index (χ2n) is 8.82. The Morgan fingerprint density at radius 2 is 1.86 bits per heavy atom. The summed E-state index contributed by atoms with van der Waals surface area (Å²) in [7, 11) is 0. The number of fused-ring (bicyclic) bond motifs is 2. The van der Waals surface area contributed by atoms with E-state index in [4.69, 9.17) is 27.1 Å². The van der Waals surface area contributed by atoms with Crippen LogP contribution < -0.4 is 5.73 Å². The zero-order chi connectivity index (χ0) is 25.1. The zero-order valence-corrected chi connectivity index (χ0v) is 19.9. The zero-order valence-electron chi connectivity index (χ0n) is 19.2. The summed E-state index contributed by atoms with van der Waals surface area (Å²) in [6, 6.07) is 12.3. The molecule has 182 valence electrons. The first kappa shape index (κ1) is 21.8. The molecule has 0 spiro atoms. The van der Waals surface area contributed by atoms with Gasteiger partial charge in [-0.3, -0.25) is 14.6 Å². The minimum Gasteiger partial charge on any atom is -0.384 e. The van der Waals surface area contributed by atoms with Crippen LogP contribution in [0.1, 0.15) is 11.7 Å². The molecule has 7 rings (SSSR count). The Labute approximate surface area is 214 Å². The van der Waals surface area contributed by atoms with Crippen molar-refractivity contribution in [2.75, 3.05) is 18.9 Å². The van der Waals surface area contributed by atoms with Gasteiger partial charge in [0, 0.05) is 18.0 Å². The molecule has 3 N–H and O–H groups in total. The third kappa shape index (κ3) is 3.45. The van der Waals surface area contributed by atoms with E-state index in [0.717, 1.165) is 28.0 Å². The summed E-state index contributed by atoms with van der Waals surface area (Å²) in [4.78, 5) is 17.9. The largest absolute Gasteiger partial charge is 0.384 e. The average Bonchev–Trinajstić information content (AvgIpc) is 3.53. The van der Waals surface area contributed by atoms with Gasteiger partial charge in [-0.25, -0.2) is 19.3 Å². The Morgan fingerprint density at radius 3 is 2.62 bits per heavy atom. The van der Waals surface area contributed by atoms with Crippen molar-refractivity contribution in [2.45, 2.75) is 5.92 Å². The van der Waals surface area contributed by atoms with Gasteiger partial charge < -0.3 is 10.5 Å². The molecule has 0 amide bonds. The maximum absolute atomic E-state index is 15.3. The fraction of sp³-hybridized carbons (Fsp3) is 0.115. The molecule has 1 aliphatic rings. The standard InChI is InChI=1S/C26H18ClFN8O/c27-17-1-2-18(28)22-19(4-6-31-24(17)22)36-20-8-14(13-3-5-30-21(29)9-13)7-16(25-32-12-33-35-25)23(20)34-26(36)15-10-37-11-15/h1-9,12,15H,10-11H2,(H2,29,30)(H,32,33,35). The van der Waals surface area contributed by atoms with E-state index in [1.165, 1.54) is 18.5 Å². The number of rotatable bonds is 4. The van der Waals surface area contributed by atoms with E-state index < -0.39 is 5.82 Å². The van der Waals surface area contributed by atoms with Crippen molar-refractivity contribution >= 4 is 39.4 Å². The molecule has 2 aromatic carbocycles. The number of aromatic nitrogens is 7. The van der Waals surface area contributed by atoms with Crippen molar-refractivity contribution in [1.29, 1.82) is 0 Å². The van der Waals surface area contributed by atoms with Crippen molar-refractivity contribution in [1.82, 2.24) is 34.7 Å². The topological polar surface area (TPSA) is 120 Å². The van der Waals surface area contributed by atoms with Crippen molar-refractivity contribution in [2.24, 2.45) is 0 Å². The molecular formula is C26H18ClFN8O. The molecule has 0 saturated carbocycles. The minimum atomic E-state index is -0.423. The van der Waals surface area contributed by atoms with E-state index in [2.05, 4.69) is 25.1 Å². The van der Waals surface area contributed by atoms with E-state index in [-0.39, 0.29) is 5.92 Å². The molecule has 5 heterocycles. The highest BCUT2D eigenvalue weighted by Crippen LogP contribution is 2.39. The molecule has 1 saturated heterocycles. The maximum atomic E-state index is 15.3. The van der Waals surface area contributed by atoms with E-state index in [9.17, 15) is 0 Å². The number of aromatic amines is 1. The van der Waals surface area contributed by atoms with Gasteiger partial charge in [0.05, 0.1) is 46.3 Å². The number of nitrogens with zero attached hydrogens (tertiary/aromatic N) is 6. The number of pyridine rings is 2. The van der Waals surface area contributed by atoms with Crippen LogP contribution in [-0.4, -0.2) is 47.9 Å². The second kappa shape index (κ2) is 8.32. The Kier molecular flexibility index (Phi) is 4.91. The summed E-state index contributed by atoms with van der Waals surface area (Å²) >= 11 is 6.42. The molecule has 1 aliphatic heterocycles. The normalized spacial score (nSPS) is 13.9. The summed E-state index contributed by atoms with van der Waals surface area (Å²) in [5, 5.41) is 7.67. The minimum absolute atomic E-state index is 0.0282. The molecule has 4 aromatic heterocycles. The Hall–Kier alpha value is -4.41. The van der Waals surface area contributed by atoms with Gasteiger partial charge in [-0.15, -0.1) is 0 Å². The first-order valence-corrected chi connectivity index (χ1v) is 11.9. The number of imidazole rings is 1. The van der Waals surface area contributed by atoms with E-state index in [0.29, 0.717) is 52.0 Å². The van der Waals surface area contributed by atoms with Gasteiger partial charge in [-0.05, 0) is 53.6 Å². The van der Waals surface area contributed by atoms with E-state index >= 15 is 4.39 Å². The van der Waals surface area contributed by atoms with Gasteiger partial charge in [0.1, 0.15) is 29.3 Å². The van der Waals surface area contributed by atoms with Gasteiger partial charge in [-0.2, -0.15) is 5.10 Å². The van der Waals surface area contributed by atoms with Gasteiger partial charge in [0.15, 0.2) is 5.82 Å². The summed E-state index contributed by atoms with van der Waals surface area (Å²) in [6.45, 7) is 1.03. The fourth-order valence-electron chi connectivity index (χ4n) is 4.78. The van der Waals surface area contributed by atoms with Crippen LogP contribution >= 0.6 is 11.6 Å². The number of nitrogens with one attached hydrogen (secondary N) is 1. The molecular weight excluding hydrogens is 495 g/mol. The molecule has 6 aromatic rings. The van der Waals surface area contributed by atoms with Gasteiger partial charge in [0.2, 0.25) is 0 Å². The monoisotopic (exact) mass is 512 g/mol. The molecule has 9 nitrogen and oxygen atoms in total. The first-order valence-electron chi connectivity index (χ1n) is 11.5. The number of hydrogen-bond donors (Lipinski definition) is 2. The fourth-order valence-corrected chi connectivity index (χ4v) is 4.99. The van der Waals surface area contributed by atoms with Crippen molar-refractivity contribution in [3.05, 3.63) is 77.8 Å². The van der Waals surface area contributed by atoms with Crippen LogP contribution in [0.15, 0.2) is 61.2 Å². The summed E-state index contributed by atoms with van der Waals surface area (Å²) in [6.07, 6.45) is 4.73. The van der Waals surface area contributed by atoms with Crippen LogP contribution in [0.25, 0.3) is 50.1 Å². The van der Waals surface area contributed by atoms with Crippen LogP contribution in [-0.2, 0) is 4.74 Å². The lowest BCUT2D eigenvalue weighted by Crippen LogP contribution is -2.28. The van der Waals surface area contributed by atoms with Crippen molar-refractivity contribution in [3.8, 4) is 28.2 Å². The van der Waals surface area contributed by atoms with Gasteiger partial charge in [-0.1, -0.05) is 11.6 Å². The predicted molar refractivity (Wildman–Crippen MR) is 138 cm³/mol. The third-order valence-electron chi connectivity index (χ3n) is 6.58. The Morgan fingerprint density at radius 1 is 1.00 bits per heavy atom. The molecule has 0 aliphatic carbocycles. The maximum Gasteiger partial charge on any atom is 0.157 e. The SMILES string of the molecule is Nc1cc(-c2cc(-c3ncn[nH]3)c3nc(C4COC4)n(-c4ccnc5c(Cl)ccc(F)c45)c3c2)ccn1. The lowest BCUT2D eigenvalue weighted by Gasteiger charge is -2.26. The highest BCUT2D eigenvalue weighted by molar-refractivity contribution is 6.35. The molecule has 0 bridgehead atoms. The summed E-state index contributed by atoms with van der Waals surface area (Å²) in [5.74, 6) is 1.31. The molecule has 0 radical (unpaired) electrons. The second-order valence-corrected chi connectivity index (χ2v) is 9.22. The third-order valence-corrected chi connectivity index (χ3v) is 6.89. The van der Waals surface area contributed by atoms with Crippen LogP contribution in [0, 0.1) is 5.82 Å². The number of benzene rings is 2. The number of nitrogens with two attached hydrogens (primary N) is 1. The van der Waals surface area contributed by atoms with Gasteiger partial charge >= 0.3 is 0 Å². The van der Waals surface area contributed by atoms with Crippen LogP contribution in [0.4, 0.5) is 10.2 Å². The molecule has 37 heavy (non-hydrogen) atoms. The molecule has 0 atom stereocenters. The number of H-pyrrole nitrogens is 1. The highest BCUT2D eigenvalue weighted by atomic mass is 35.5. The highest BCUT2D eigenvalue weighted by Gasteiger charge is 2.30. The van der Waals surface area contributed by atoms with E-state index in [1.54, 1.807) is 24.5 Å².